The fourth-order valence-corrected chi connectivity index (χ4v) is 1.92. The van der Waals surface area contributed by atoms with Crippen molar-refractivity contribution in [2.75, 3.05) is 26.7 Å². The Bertz CT molecular complexity index is 265. The van der Waals surface area contributed by atoms with Gasteiger partial charge in [-0.05, 0) is 38.8 Å². The Labute approximate surface area is 98.2 Å². The van der Waals surface area contributed by atoms with Crippen LogP contribution in [-0.2, 0) is 4.79 Å². The summed E-state index contributed by atoms with van der Waals surface area (Å²) >= 11 is 0. The summed E-state index contributed by atoms with van der Waals surface area (Å²) in [6, 6.07) is 0. The number of hydrogen-bond donors (Lipinski definition) is 1. The summed E-state index contributed by atoms with van der Waals surface area (Å²) in [5, 5.41) is 3.33. The predicted molar refractivity (Wildman–Crippen MR) is 67.2 cm³/mol. The van der Waals surface area contributed by atoms with Crippen molar-refractivity contribution < 1.29 is 4.79 Å². The van der Waals surface area contributed by atoms with Gasteiger partial charge in [-0.15, -0.1) is 0 Å². The minimum atomic E-state index is 0.0941. The van der Waals surface area contributed by atoms with Crippen molar-refractivity contribution >= 4 is 5.91 Å². The Morgan fingerprint density at radius 3 is 2.69 bits per heavy atom. The molecule has 90 valence electrons. The van der Waals surface area contributed by atoms with Gasteiger partial charge < -0.3 is 10.2 Å². The largest absolute Gasteiger partial charge is 0.342 e. The molecule has 1 N–H and O–H groups in total. The second kappa shape index (κ2) is 7.23. The van der Waals surface area contributed by atoms with E-state index >= 15 is 0 Å². The van der Waals surface area contributed by atoms with E-state index in [9.17, 15) is 4.79 Å². The second-order valence-corrected chi connectivity index (χ2v) is 4.30. The smallest absolute Gasteiger partial charge is 0.246 e. The third-order valence-corrected chi connectivity index (χ3v) is 2.91. The first kappa shape index (κ1) is 13.0. The second-order valence-electron chi connectivity index (χ2n) is 4.30. The maximum absolute atomic E-state index is 11.7. The Kier molecular flexibility index (Phi) is 5.86. The number of carbonyl (C=O) groups excluding carboxylic acids is 1. The van der Waals surface area contributed by atoms with E-state index in [-0.39, 0.29) is 5.91 Å². The standard InChI is InChI=1S/C13H22N2O/c1-3-4-5-6-13(16)15(2)11-12-7-9-14-10-8-12/h3-6,12,14H,7-11H2,1-2H3. The van der Waals surface area contributed by atoms with E-state index in [0.717, 1.165) is 19.6 Å². The zero-order valence-electron chi connectivity index (χ0n) is 10.3. The van der Waals surface area contributed by atoms with Crippen molar-refractivity contribution in [3.8, 4) is 0 Å². The quantitative estimate of drug-likeness (QED) is 0.578. The van der Waals surface area contributed by atoms with Crippen molar-refractivity contribution in [3.63, 3.8) is 0 Å². The molecule has 0 spiro atoms. The zero-order chi connectivity index (χ0) is 11.8. The first-order valence-electron chi connectivity index (χ1n) is 5.99. The van der Waals surface area contributed by atoms with Gasteiger partial charge in [-0.3, -0.25) is 4.79 Å². The highest BCUT2D eigenvalue weighted by Crippen LogP contribution is 2.12. The molecule has 0 aromatic heterocycles. The Hall–Kier alpha value is -1.09. The number of nitrogens with zero attached hydrogens (tertiary/aromatic N) is 1. The van der Waals surface area contributed by atoms with Crippen molar-refractivity contribution in [3.05, 3.63) is 24.3 Å². The van der Waals surface area contributed by atoms with Crippen LogP contribution in [0.2, 0.25) is 0 Å². The molecule has 0 unspecified atom stereocenters. The van der Waals surface area contributed by atoms with Crippen LogP contribution in [0.25, 0.3) is 0 Å². The topological polar surface area (TPSA) is 32.3 Å². The highest BCUT2D eigenvalue weighted by Gasteiger charge is 2.16. The molecule has 0 aliphatic carbocycles. The summed E-state index contributed by atoms with van der Waals surface area (Å²) in [5.74, 6) is 0.752. The molecule has 0 bridgehead atoms. The van der Waals surface area contributed by atoms with Gasteiger partial charge in [-0.25, -0.2) is 0 Å². The number of piperidine rings is 1. The molecule has 1 rings (SSSR count). The predicted octanol–water partition coefficient (Wildman–Crippen LogP) is 1.58. The molecule has 1 heterocycles. The highest BCUT2D eigenvalue weighted by atomic mass is 16.2. The molecule has 16 heavy (non-hydrogen) atoms. The Morgan fingerprint density at radius 1 is 1.38 bits per heavy atom. The summed E-state index contributed by atoms with van der Waals surface area (Å²) in [6.07, 6.45) is 9.56. The van der Waals surface area contributed by atoms with Gasteiger partial charge in [0, 0.05) is 19.7 Å². The fraction of sp³-hybridized carbons (Fsp3) is 0.615. The van der Waals surface area contributed by atoms with Gasteiger partial charge in [-0.2, -0.15) is 0 Å². The first-order chi connectivity index (χ1) is 7.74. The van der Waals surface area contributed by atoms with Crippen molar-refractivity contribution in [2.45, 2.75) is 19.8 Å². The maximum atomic E-state index is 11.7. The number of nitrogens with one attached hydrogen (secondary N) is 1. The van der Waals surface area contributed by atoms with Crippen molar-refractivity contribution in [2.24, 2.45) is 5.92 Å². The minimum Gasteiger partial charge on any atom is -0.342 e. The molecule has 3 nitrogen and oxygen atoms in total. The normalized spacial score (nSPS) is 18.4. The Balaban J connectivity index is 2.32. The van der Waals surface area contributed by atoms with Crippen molar-refractivity contribution in [1.29, 1.82) is 0 Å². The lowest BCUT2D eigenvalue weighted by atomic mass is 9.98. The Morgan fingerprint density at radius 2 is 2.06 bits per heavy atom. The molecular formula is C13H22N2O. The number of carbonyl (C=O) groups is 1. The van der Waals surface area contributed by atoms with Gasteiger partial charge in [0.1, 0.15) is 0 Å². The first-order valence-corrected chi connectivity index (χ1v) is 5.99. The molecule has 1 aliphatic rings. The molecule has 0 saturated carbocycles. The third-order valence-electron chi connectivity index (χ3n) is 2.91. The molecule has 1 aliphatic heterocycles. The molecule has 0 aromatic carbocycles. The van der Waals surface area contributed by atoms with Gasteiger partial charge in [0.05, 0.1) is 0 Å². The van der Waals surface area contributed by atoms with E-state index in [1.807, 2.05) is 31.0 Å². The summed E-state index contributed by atoms with van der Waals surface area (Å²) in [6.45, 7) is 4.98. The van der Waals surface area contributed by atoms with Crippen LogP contribution in [0.4, 0.5) is 0 Å². The number of amides is 1. The zero-order valence-corrected chi connectivity index (χ0v) is 10.3. The van der Waals surface area contributed by atoms with E-state index < -0.39 is 0 Å². The lowest BCUT2D eigenvalue weighted by molar-refractivity contribution is -0.125. The van der Waals surface area contributed by atoms with Crippen molar-refractivity contribution in [1.82, 2.24) is 10.2 Å². The maximum Gasteiger partial charge on any atom is 0.246 e. The molecule has 0 aromatic rings. The summed E-state index contributed by atoms with van der Waals surface area (Å²) in [5.41, 5.74) is 0. The van der Waals surface area contributed by atoms with Gasteiger partial charge in [0.25, 0.3) is 0 Å². The molecule has 0 atom stereocenters. The van der Waals surface area contributed by atoms with Crippen LogP contribution >= 0.6 is 0 Å². The van der Waals surface area contributed by atoms with Crippen LogP contribution in [0, 0.1) is 5.92 Å². The van der Waals surface area contributed by atoms with Gasteiger partial charge >= 0.3 is 0 Å². The highest BCUT2D eigenvalue weighted by molar-refractivity contribution is 5.87. The van der Waals surface area contributed by atoms with Gasteiger partial charge in [-0.1, -0.05) is 18.2 Å². The van der Waals surface area contributed by atoms with Crippen LogP contribution in [0.15, 0.2) is 24.3 Å². The number of likely N-dealkylation sites (N-methyl/N-ethyl adjacent to an activating group) is 1. The molecule has 1 saturated heterocycles. The summed E-state index contributed by atoms with van der Waals surface area (Å²) < 4.78 is 0. The SMILES string of the molecule is CC=CC=CC(=O)N(C)CC1CCNCC1. The average molecular weight is 222 g/mol. The average Bonchev–Trinajstić information content (AvgIpc) is 2.30. The molecule has 1 amide bonds. The number of hydrogen-bond acceptors (Lipinski definition) is 2. The summed E-state index contributed by atoms with van der Waals surface area (Å²) in [7, 11) is 1.88. The van der Waals surface area contributed by atoms with Crippen LogP contribution in [0.1, 0.15) is 19.8 Å². The molecule has 0 radical (unpaired) electrons. The third kappa shape index (κ3) is 4.62. The van der Waals surface area contributed by atoms with Crippen LogP contribution in [0.5, 0.6) is 0 Å². The van der Waals surface area contributed by atoms with E-state index in [2.05, 4.69) is 5.32 Å². The number of allylic oxidation sites excluding steroid dienone is 3. The van der Waals surface area contributed by atoms with E-state index in [1.54, 1.807) is 12.2 Å². The van der Waals surface area contributed by atoms with Crippen LogP contribution in [0.3, 0.4) is 0 Å². The van der Waals surface area contributed by atoms with Crippen LogP contribution in [-0.4, -0.2) is 37.5 Å². The molecule has 1 fully saturated rings. The minimum absolute atomic E-state index is 0.0941. The molecule has 3 heteroatoms. The van der Waals surface area contributed by atoms with Crippen LogP contribution < -0.4 is 5.32 Å². The van der Waals surface area contributed by atoms with Gasteiger partial charge in [0.2, 0.25) is 5.91 Å². The lowest BCUT2D eigenvalue weighted by Gasteiger charge is -2.26. The number of rotatable bonds is 4. The van der Waals surface area contributed by atoms with E-state index in [0.29, 0.717) is 5.92 Å². The molecular weight excluding hydrogens is 200 g/mol. The monoisotopic (exact) mass is 222 g/mol. The summed E-state index contributed by atoms with van der Waals surface area (Å²) in [4.78, 5) is 13.5. The van der Waals surface area contributed by atoms with E-state index in [1.165, 1.54) is 12.8 Å². The lowest BCUT2D eigenvalue weighted by Crippen LogP contribution is -2.36. The van der Waals surface area contributed by atoms with E-state index in [4.69, 9.17) is 0 Å². The fourth-order valence-electron chi connectivity index (χ4n) is 1.92. The van der Waals surface area contributed by atoms with Gasteiger partial charge in [0.15, 0.2) is 0 Å².